The molecule has 0 aliphatic heterocycles. The van der Waals surface area contributed by atoms with Crippen LogP contribution in [0.2, 0.25) is 0 Å². The molecule has 0 bridgehead atoms. The van der Waals surface area contributed by atoms with E-state index < -0.39 is 11.7 Å². The van der Waals surface area contributed by atoms with Crippen molar-refractivity contribution in [3.63, 3.8) is 0 Å². The molecular formula is C13H17BrF3N. The topological polar surface area (TPSA) is 26.0 Å². The van der Waals surface area contributed by atoms with Crippen molar-refractivity contribution in [2.45, 2.75) is 38.9 Å². The van der Waals surface area contributed by atoms with E-state index in [1.807, 2.05) is 0 Å². The number of alkyl halides is 3. The van der Waals surface area contributed by atoms with Gasteiger partial charge in [0, 0.05) is 10.5 Å². The lowest BCUT2D eigenvalue weighted by Crippen LogP contribution is -2.14. The van der Waals surface area contributed by atoms with Crippen LogP contribution >= 0.6 is 15.9 Å². The number of benzene rings is 1. The summed E-state index contributed by atoms with van der Waals surface area (Å²) in [5, 5.41) is 0. The molecule has 1 rings (SSSR count). The van der Waals surface area contributed by atoms with Crippen molar-refractivity contribution in [2.24, 2.45) is 11.7 Å². The van der Waals surface area contributed by atoms with Gasteiger partial charge in [0.2, 0.25) is 0 Å². The van der Waals surface area contributed by atoms with Crippen molar-refractivity contribution in [3.05, 3.63) is 33.8 Å². The molecule has 1 atom stereocenters. The maximum atomic E-state index is 12.6. The normalized spacial score (nSPS) is 14.0. The van der Waals surface area contributed by atoms with E-state index in [1.54, 1.807) is 0 Å². The van der Waals surface area contributed by atoms with Crippen LogP contribution in [0.25, 0.3) is 0 Å². The third-order valence-electron chi connectivity index (χ3n) is 2.78. The van der Waals surface area contributed by atoms with Crippen LogP contribution in [0.5, 0.6) is 0 Å². The molecule has 0 saturated heterocycles. The Labute approximate surface area is 114 Å². The minimum atomic E-state index is -4.33. The van der Waals surface area contributed by atoms with Crippen LogP contribution in [0.15, 0.2) is 22.7 Å². The Hall–Kier alpha value is -0.550. The minimum Gasteiger partial charge on any atom is -0.324 e. The summed E-state index contributed by atoms with van der Waals surface area (Å²) >= 11 is 3.26. The van der Waals surface area contributed by atoms with Gasteiger partial charge in [-0.15, -0.1) is 0 Å². The Kier molecular flexibility index (Phi) is 5.22. The molecule has 0 radical (unpaired) electrons. The molecule has 0 heterocycles. The van der Waals surface area contributed by atoms with Crippen molar-refractivity contribution in [1.29, 1.82) is 0 Å². The molecule has 0 amide bonds. The molecule has 0 aromatic heterocycles. The van der Waals surface area contributed by atoms with Crippen LogP contribution in [0.3, 0.4) is 0 Å². The van der Waals surface area contributed by atoms with Crippen molar-refractivity contribution >= 4 is 15.9 Å². The van der Waals surface area contributed by atoms with E-state index in [0.717, 1.165) is 18.6 Å². The van der Waals surface area contributed by atoms with Crippen LogP contribution in [0.1, 0.15) is 43.9 Å². The van der Waals surface area contributed by atoms with Gasteiger partial charge in [0.25, 0.3) is 0 Å². The largest absolute Gasteiger partial charge is 0.416 e. The van der Waals surface area contributed by atoms with E-state index in [0.29, 0.717) is 22.4 Å². The number of rotatable bonds is 4. The first-order valence-electron chi connectivity index (χ1n) is 5.84. The fourth-order valence-corrected chi connectivity index (χ4v) is 2.21. The predicted molar refractivity (Wildman–Crippen MR) is 70.1 cm³/mol. The summed E-state index contributed by atoms with van der Waals surface area (Å²) in [6.45, 7) is 4.13. The summed E-state index contributed by atoms with van der Waals surface area (Å²) in [5.74, 6) is 0.487. The van der Waals surface area contributed by atoms with Crippen LogP contribution in [-0.4, -0.2) is 0 Å². The zero-order valence-corrected chi connectivity index (χ0v) is 12.0. The molecule has 0 saturated carbocycles. The lowest BCUT2D eigenvalue weighted by Gasteiger charge is -2.17. The first-order chi connectivity index (χ1) is 8.21. The van der Waals surface area contributed by atoms with E-state index in [-0.39, 0.29) is 6.04 Å². The molecule has 0 spiro atoms. The zero-order chi connectivity index (χ0) is 13.9. The minimum absolute atomic E-state index is 0.371. The summed E-state index contributed by atoms with van der Waals surface area (Å²) in [5.41, 5.74) is 5.83. The van der Waals surface area contributed by atoms with Gasteiger partial charge < -0.3 is 5.73 Å². The molecule has 1 aromatic rings. The van der Waals surface area contributed by atoms with Gasteiger partial charge in [0.05, 0.1) is 5.56 Å². The lowest BCUT2D eigenvalue weighted by molar-refractivity contribution is -0.137. The Balaban J connectivity index is 2.93. The molecule has 18 heavy (non-hydrogen) atoms. The highest BCUT2D eigenvalue weighted by Gasteiger charge is 2.31. The first kappa shape index (κ1) is 15.5. The average molecular weight is 324 g/mol. The highest BCUT2D eigenvalue weighted by Crippen LogP contribution is 2.34. The predicted octanol–water partition coefficient (Wildman–Crippen LogP) is 4.90. The second-order valence-electron chi connectivity index (χ2n) is 4.81. The molecule has 2 N–H and O–H groups in total. The van der Waals surface area contributed by atoms with Gasteiger partial charge in [-0.25, -0.2) is 0 Å². The molecule has 5 heteroatoms. The van der Waals surface area contributed by atoms with Crippen LogP contribution in [-0.2, 0) is 6.18 Å². The van der Waals surface area contributed by atoms with Crippen LogP contribution in [0.4, 0.5) is 13.2 Å². The van der Waals surface area contributed by atoms with Gasteiger partial charge in [-0.2, -0.15) is 13.2 Å². The van der Waals surface area contributed by atoms with E-state index in [2.05, 4.69) is 29.8 Å². The Bertz CT molecular complexity index is 402. The van der Waals surface area contributed by atoms with Crippen LogP contribution in [0, 0.1) is 5.92 Å². The number of nitrogens with two attached hydrogens (primary N) is 1. The Morgan fingerprint density at radius 2 is 1.83 bits per heavy atom. The summed E-state index contributed by atoms with van der Waals surface area (Å²) in [6.07, 6.45) is -2.76. The molecule has 0 fully saturated rings. The fraction of sp³-hybridized carbons (Fsp3) is 0.538. The molecule has 1 nitrogen and oxygen atoms in total. The summed E-state index contributed by atoms with van der Waals surface area (Å²) in [4.78, 5) is 0. The summed E-state index contributed by atoms with van der Waals surface area (Å²) in [6, 6.07) is 3.23. The maximum Gasteiger partial charge on any atom is 0.416 e. The first-order valence-corrected chi connectivity index (χ1v) is 6.63. The third-order valence-corrected chi connectivity index (χ3v) is 3.50. The average Bonchev–Trinajstić information content (AvgIpc) is 2.24. The zero-order valence-electron chi connectivity index (χ0n) is 10.4. The van der Waals surface area contributed by atoms with Gasteiger partial charge in [-0.1, -0.05) is 29.8 Å². The maximum absolute atomic E-state index is 12.6. The van der Waals surface area contributed by atoms with Gasteiger partial charge in [-0.05, 0) is 42.5 Å². The smallest absolute Gasteiger partial charge is 0.324 e. The van der Waals surface area contributed by atoms with Gasteiger partial charge in [0.1, 0.15) is 0 Å². The molecule has 1 aromatic carbocycles. The van der Waals surface area contributed by atoms with Crippen molar-refractivity contribution in [1.82, 2.24) is 0 Å². The van der Waals surface area contributed by atoms with Crippen molar-refractivity contribution < 1.29 is 13.2 Å². The molecule has 0 aliphatic rings. The monoisotopic (exact) mass is 323 g/mol. The Morgan fingerprint density at radius 1 is 1.22 bits per heavy atom. The summed E-state index contributed by atoms with van der Waals surface area (Å²) in [7, 11) is 0. The number of halogens is 4. The van der Waals surface area contributed by atoms with Crippen molar-refractivity contribution in [2.75, 3.05) is 0 Å². The standard InChI is InChI=1S/C13H17BrF3N/c1-8(2)3-6-12(18)10-7-9(13(15,16)17)4-5-11(10)14/h4-5,7-8,12H,3,6,18H2,1-2H3/t12-/m1/s1. The molecular weight excluding hydrogens is 307 g/mol. The van der Waals surface area contributed by atoms with Gasteiger partial charge in [-0.3, -0.25) is 0 Å². The van der Waals surface area contributed by atoms with Gasteiger partial charge >= 0.3 is 6.18 Å². The second kappa shape index (κ2) is 6.06. The van der Waals surface area contributed by atoms with Crippen molar-refractivity contribution in [3.8, 4) is 0 Å². The quantitative estimate of drug-likeness (QED) is 0.837. The molecule has 0 aliphatic carbocycles. The number of hydrogen-bond donors (Lipinski definition) is 1. The highest BCUT2D eigenvalue weighted by atomic mass is 79.9. The summed E-state index contributed by atoms with van der Waals surface area (Å²) < 4.78 is 38.5. The SMILES string of the molecule is CC(C)CC[C@@H](N)c1cc(C(F)(F)F)ccc1Br. The third kappa shape index (κ3) is 4.28. The molecule has 102 valence electrons. The molecule has 0 unspecified atom stereocenters. The van der Waals surface area contributed by atoms with E-state index >= 15 is 0 Å². The van der Waals surface area contributed by atoms with E-state index in [4.69, 9.17) is 5.73 Å². The fourth-order valence-electron chi connectivity index (χ4n) is 1.67. The van der Waals surface area contributed by atoms with Gasteiger partial charge in [0.15, 0.2) is 0 Å². The van der Waals surface area contributed by atoms with E-state index in [9.17, 15) is 13.2 Å². The second-order valence-corrected chi connectivity index (χ2v) is 5.67. The highest BCUT2D eigenvalue weighted by molar-refractivity contribution is 9.10. The number of hydrogen-bond acceptors (Lipinski definition) is 1. The van der Waals surface area contributed by atoms with Crippen LogP contribution < -0.4 is 5.73 Å². The van der Waals surface area contributed by atoms with E-state index in [1.165, 1.54) is 6.07 Å². The Morgan fingerprint density at radius 3 is 2.33 bits per heavy atom. The lowest BCUT2D eigenvalue weighted by atomic mass is 9.97.